The van der Waals surface area contributed by atoms with Crippen molar-refractivity contribution in [2.24, 2.45) is 11.7 Å². The Kier molecular flexibility index (Phi) is 12.2. The Bertz CT molecular complexity index is 156. The molecule has 2 N–H and O–H groups in total. The zero-order valence-electron chi connectivity index (χ0n) is 11.8. The quantitative estimate of drug-likeness (QED) is 0.528. The Balaban J connectivity index is 3.81. The topological polar surface area (TPSA) is 47.7 Å². The molecule has 0 amide bonds. The van der Waals surface area contributed by atoms with Gasteiger partial charge in [-0.15, -0.1) is 0 Å². The summed E-state index contributed by atoms with van der Waals surface area (Å²) in [5.74, 6) is 0.706. The summed E-state index contributed by atoms with van der Waals surface area (Å²) in [6, 6.07) is 0. The van der Waals surface area contributed by atoms with Gasteiger partial charge < -0.3 is 20.1 Å². The van der Waals surface area contributed by atoms with Crippen LogP contribution in [-0.4, -0.2) is 58.5 Å². The molecule has 17 heavy (non-hydrogen) atoms. The van der Waals surface area contributed by atoms with Gasteiger partial charge in [0.2, 0.25) is 0 Å². The molecule has 0 aromatic carbocycles. The third-order valence-electron chi connectivity index (χ3n) is 2.91. The second-order valence-electron chi connectivity index (χ2n) is 4.68. The van der Waals surface area contributed by atoms with Gasteiger partial charge in [0.05, 0.1) is 6.61 Å². The zero-order chi connectivity index (χ0) is 12.9. The smallest absolute Gasteiger partial charge is 0.0589 e. The molecular formula is C13H30N2O2. The van der Waals surface area contributed by atoms with Crippen LogP contribution in [-0.2, 0) is 9.47 Å². The summed E-state index contributed by atoms with van der Waals surface area (Å²) in [5, 5.41) is 0. The average Bonchev–Trinajstić information content (AvgIpc) is 2.33. The molecule has 0 spiro atoms. The number of methoxy groups -OCH3 is 2. The molecule has 0 heterocycles. The van der Waals surface area contributed by atoms with E-state index in [4.69, 9.17) is 15.2 Å². The summed E-state index contributed by atoms with van der Waals surface area (Å²) in [6.45, 7) is 7.96. The van der Waals surface area contributed by atoms with Crippen molar-refractivity contribution in [2.45, 2.75) is 26.2 Å². The molecule has 0 aromatic rings. The van der Waals surface area contributed by atoms with E-state index in [0.29, 0.717) is 5.92 Å². The minimum absolute atomic E-state index is 0.706. The number of nitrogens with two attached hydrogens (primary N) is 1. The van der Waals surface area contributed by atoms with Gasteiger partial charge in [0.1, 0.15) is 0 Å². The average molecular weight is 246 g/mol. The molecule has 0 bridgehead atoms. The number of hydrogen-bond acceptors (Lipinski definition) is 4. The minimum Gasteiger partial charge on any atom is -0.385 e. The van der Waals surface area contributed by atoms with Crippen molar-refractivity contribution in [2.75, 3.05) is 53.6 Å². The Hall–Kier alpha value is -0.160. The standard InChI is InChI=1S/C13H30N2O2/c1-13(6-4-7-14)12-15(9-11-17-3)8-5-10-16-2/h13H,4-12,14H2,1-3H3. The lowest BCUT2D eigenvalue weighted by Crippen LogP contribution is -2.33. The van der Waals surface area contributed by atoms with Gasteiger partial charge in [-0.3, -0.25) is 0 Å². The Morgan fingerprint density at radius 2 is 1.76 bits per heavy atom. The van der Waals surface area contributed by atoms with E-state index < -0.39 is 0 Å². The van der Waals surface area contributed by atoms with Crippen LogP contribution >= 0.6 is 0 Å². The lowest BCUT2D eigenvalue weighted by Gasteiger charge is -2.25. The molecule has 0 aliphatic rings. The van der Waals surface area contributed by atoms with E-state index in [0.717, 1.165) is 52.2 Å². The summed E-state index contributed by atoms with van der Waals surface area (Å²) in [4.78, 5) is 2.46. The third kappa shape index (κ3) is 10.7. The van der Waals surface area contributed by atoms with Crippen molar-refractivity contribution < 1.29 is 9.47 Å². The van der Waals surface area contributed by atoms with Gasteiger partial charge in [0.15, 0.2) is 0 Å². The van der Waals surface area contributed by atoms with Crippen LogP contribution in [0.4, 0.5) is 0 Å². The van der Waals surface area contributed by atoms with Crippen LogP contribution in [0.2, 0.25) is 0 Å². The number of ether oxygens (including phenoxy) is 2. The summed E-state index contributed by atoms with van der Waals surface area (Å²) in [6.07, 6.45) is 3.42. The molecule has 0 aliphatic heterocycles. The number of rotatable bonds is 12. The highest BCUT2D eigenvalue weighted by Crippen LogP contribution is 2.07. The van der Waals surface area contributed by atoms with Crippen LogP contribution in [0.15, 0.2) is 0 Å². The van der Waals surface area contributed by atoms with E-state index >= 15 is 0 Å². The van der Waals surface area contributed by atoms with Crippen LogP contribution in [0, 0.1) is 5.92 Å². The fourth-order valence-corrected chi connectivity index (χ4v) is 1.95. The van der Waals surface area contributed by atoms with Crippen molar-refractivity contribution >= 4 is 0 Å². The predicted octanol–water partition coefficient (Wildman–Crippen LogP) is 1.35. The molecule has 0 saturated carbocycles. The zero-order valence-corrected chi connectivity index (χ0v) is 11.8. The van der Waals surface area contributed by atoms with Crippen LogP contribution in [0.5, 0.6) is 0 Å². The SMILES string of the molecule is COCCCN(CCOC)CC(C)CCCN. The van der Waals surface area contributed by atoms with Crippen molar-refractivity contribution in [1.29, 1.82) is 0 Å². The van der Waals surface area contributed by atoms with Crippen LogP contribution in [0.3, 0.4) is 0 Å². The molecule has 1 unspecified atom stereocenters. The maximum Gasteiger partial charge on any atom is 0.0589 e. The molecule has 0 rings (SSSR count). The second kappa shape index (κ2) is 12.3. The highest BCUT2D eigenvalue weighted by molar-refractivity contribution is 4.63. The molecule has 0 radical (unpaired) electrons. The molecular weight excluding hydrogens is 216 g/mol. The summed E-state index contributed by atoms with van der Waals surface area (Å²) in [5.41, 5.74) is 5.54. The second-order valence-corrected chi connectivity index (χ2v) is 4.68. The van der Waals surface area contributed by atoms with Crippen LogP contribution in [0.25, 0.3) is 0 Å². The molecule has 0 aromatic heterocycles. The Morgan fingerprint density at radius 3 is 2.35 bits per heavy atom. The van der Waals surface area contributed by atoms with E-state index in [1.807, 2.05) is 0 Å². The lowest BCUT2D eigenvalue weighted by molar-refractivity contribution is 0.123. The van der Waals surface area contributed by atoms with E-state index in [2.05, 4.69) is 11.8 Å². The lowest BCUT2D eigenvalue weighted by atomic mass is 10.0. The molecule has 1 atom stereocenters. The van der Waals surface area contributed by atoms with Crippen molar-refractivity contribution in [3.8, 4) is 0 Å². The van der Waals surface area contributed by atoms with Crippen LogP contribution in [0.1, 0.15) is 26.2 Å². The normalized spacial score (nSPS) is 13.2. The fourth-order valence-electron chi connectivity index (χ4n) is 1.95. The van der Waals surface area contributed by atoms with E-state index in [1.54, 1.807) is 14.2 Å². The van der Waals surface area contributed by atoms with Gasteiger partial charge >= 0.3 is 0 Å². The largest absolute Gasteiger partial charge is 0.385 e. The van der Waals surface area contributed by atoms with Crippen molar-refractivity contribution in [3.63, 3.8) is 0 Å². The molecule has 0 saturated heterocycles. The molecule has 4 heteroatoms. The maximum absolute atomic E-state index is 5.54. The first-order valence-electron chi connectivity index (χ1n) is 6.64. The Labute approximate surface area is 106 Å². The summed E-state index contributed by atoms with van der Waals surface area (Å²) in [7, 11) is 3.51. The van der Waals surface area contributed by atoms with Crippen molar-refractivity contribution in [1.82, 2.24) is 4.90 Å². The molecule has 0 aliphatic carbocycles. The first-order valence-corrected chi connectivity index (χ1v) is 6.64. The van der Waals surface area contributed by atoms with Gasteiger partial charge in [0, 0.05) is 40.5 Å². The highest BCUT2D eigenvalue weighted by Gasteiger charge is 2.09. The van der Waals surface area contributed by atoms with E-state index in [1.165, 1.54) is 6.42 Å². The van der Waals surface area contributed by atoms with Gasteiger partial charge in [-0.2, -0.15) is 0 Å². The highest BCUT2D eigenvalue weighted by atomic mass is 16.5. The van der Waals surface area contributed by atoms with E-state index in [-0.39, 0.29) is 0 Å². The summed E-state index contributed by atoms with van der Waals surface area (Å²) >= 11 is 0. The van der Waals surface area contributed by atoms with Gasteiger partial charge in [-0.1, -0.05) is 6.92 Å². The van der Waals surface area contributed by atoms with Gasteiger partial charge in [-0.25, -0.2) is 0 Å². The van der Waals surface area contributed by atoms with Crippen LogP contribution < -0.4 is 5.73 Å². The van der Waals surface area contributed by atoms with Gasteiger partial charge in [-0.05, 0) is 31.7 Å². The minimum atomic E-state index is 0.706. The maximum atomic E-state index is 5.54. The predicted molar refractivity (Wildman–Crippen MR) is 72.3 cm³/mol. The number of hydrogen-bond donors (Lipinski definition) is 1. The first kappa shape index (κ1) is 16.8. The van der Waals surface area contributed by atoms with Crippen molar-refractivity contribution in [3.05, 3.63) is 0 Å². The van der Waals surface area contributed by atoms with E-state index in [9.17, 15) is 0 Å². The third-order valence-corrected chi connectivity index (χ3v) is 2.91. The summed E-state index contributed by atoms with van der Waals surface area (Å²) < 4.78 is 10.2. The monoisotopic (exact) mass is 246 g/mol. The fraction of sp³-hybridized carbons (Fsp3) is 1.00. The first-order chi connectivity index (χ1) is 8.24. The number of nitrogens with zero attached hydrogens (tertiary/aromatic N) is 1. The van der Waals surface area contributed by atoms with Gasteiger partial charge in [0.25, 0.3) is 0 Å². The molecule has 4 nitrogen and oxygen atoms in total. The Morgan fingerprint density at radius 1 is 1.06 bits per heavy atom. The molecule has 104 valence electrons. The molecule has 0 fully saturated rings.